The molecule has 2 atom stereocenters. The minimum Gasteiger partial charge on any atom is -0.457 e. The molecule has 16 heteroatoms. The van der Waals surface area contributed by atoms with Crippen molar-refractivity contribution in [1.29, 1.82) is 0 Å². The minimum atomic E-state index is -0.926. The highest BCUT2D eigenvalue weighted by atomic mass is 32.1. The molecule has 1 fully saturated rings. The lowest BCUT2D eigenvalue weighted by Gasteiger charge is -2.50. The Morgan fingerprint density at radius 1 is 1.29 bits per heavy atom. The van der Waals surface area contributed by atoms with Gasteiger partial charge in [-0.3, -0.25) is 24.6 Å². The number of oxime groups is 1. The summed E-state index contributed by atoms with van der Waals surface area (Å²) < 4.78 is 5.32. The smallest absolute Gasteiger partial charge is 0.355 e. The molecule has 2 aromatic heterocycles. The van der Waals surface area contributed by atoms with Crippen LogP contribution in [0.3, 0.4) is 0 Å². The van der Waals surface area contributed by atoms with E-state index in [4.69, 9.17) is 15.3 Å². The van der Waals surface area contributed by atoms with Gasteiger partial charge in [0.2, 0.25) is 0 Å². The van der Waals surface area contributed by atoms with E-state index in [2.05, 4.69) is 27.0 Å². The molecule has 216 valence electrons. The zero-order valence-corrected chi connectivity index (χ0v) is 23.6. The highest BCUT2D eigenvalue weighted by molar-refractivity contribution is 7.13. The van der Waals surface area contributed by atoms with Gasteiger partial charge in [0, 0.05) is 34.0 Å². The van der Waals surface area contributed by atoms with Gasteiger partial charge in [0.05, 0.1) is 16.7 Å². The van der Waals surface area contributed by atoms with Gasteiger partial charge >= 0.3 is 5.97 Å². The number of aromatic nitrogens is 2. The molecular formula is C26H23N7O7S2. The van der Waals surface area contributed by atoms with Crippen LogP contribution in [-0.4, -0.2) is 69.1 Å². The van der Waals surface area contributed by atoms with Crippen molar-refractivity contribution in [3.8, 4) is 10.6 Å². The largest absolute Gasteiger partial charge is 0.457 e. The molecule has 2 aliphatic heterocycles. The van der Waals surface area contributed by atoms with Gasteiger partial charge in [-0.25, -0.2) is 14.8 Å². The first kappa shape index (κ1) is 28.6. The van der Waals surface area contributed by atoms with Crippen molar-refractivity contribution >= 4 is 62.6 Å². The monoisotopic (exact) mass is 609 g/mol. The fourth-order valence-electron chi connectivity index (χ4n) is 4.68. The number of ether oxygens (including phenoxy) is 1. The Balaban J connectivity index is 1.42. The van der Waals surface area contributed by atoms with E-state index in [9.17, 15) is 24.5 Å². The molecular weight excluding hydrogens is 586 g/mol. The maximum absolute atomic E-state index is 13.4. The second kappa shape index (κ2) is 11.9. The van der Waals surface area contributed by atoms with E-state index in [1.54, 1.807) is 22.9 Å². The van der Waals surface area contributed by atoms with Crippen molar-refractivity contribution in [2.75, 3.05) is 19.5 Å². The molecule has 0 unspecified atom stereocenters. The van der Waals surface area contributed by atoms with Gasteiger partial charge in [0.15, 0.2) is 10.8 Å². The quantitative estimate of drug-likeness (QED) is 0.0862. The van der Waals surface area contributed by atoms with Crippen LogP contribution in [0.5, 0.6) is 0 Å². The van der Waals surface area contributed by atoms with Crippen molar-refractivity contribution in [1.82, 2.24) is 20.2 Å². The van der Waals surface area contributed by atoms with Crippen molar-refractivity contribution in [2.45, 2.75) is 24.9 Å². The number of allylic oxidation sites excluding steroid dienone is 1. The molecule has 2 amide bonds. The maximum Gasteiger partial charge on any atom is 0.355 e. The summed E-state index contributed by atoms with van der Waals surface area (Å²) in [6, 6.07) is 4.52. The molecule has 5 rings (SSSR count). The van der Waals surface area contributed by atoms with Gasteiger partial charge in [-0.1, -0.05) is 17.8 Å². The molecule has 42 heavy (non-hydrogen) atoms. The van der Waals surface area contributed by atoms with Crippen LogP contribution >= 0.6 is 22.7 Å². The summed E-state index contributed by atoms with van der Waals surface area (Å²) in [6.07, 6.45) is 2.20. The Morgan fingerprint density at radius 3 is 2.69 bits per heavy atom. The number of carbonyl (C=O) groups excluding carboxylic acids is 3. The summed E-state index contributed by atoms with van der Waals surface area (Å²) in [5, 5.41) is 21.6. The molecule has 2 aliphatic rings. The maximum atomic E-state index is 13.4. The van der Waals surface area contributed by atoms with Gasteiger partial charge in [0.1, 0.15) is 36.2 Å². The zero-order chi connectivity index (χ0) is 30.0. The molecule has 0 radical (unpaired) electrons. The third kappa shape index (κ3) is 5.36. The molecule has 0 bridgehead atoms. The Hall–Kier alpha value is -4.96. The average molecular weight is 610 g/mol. The number of anilines is 1. The first-order valence-corrected chi connectivity index (χ1v) is 14.2. The van der Waals surface area contributed by atoms with Crippen molar-refractivity contribution in [3.63, 3.8) is 0 Å². The first-order valence-electron chi connectivity index (χ1n) is 12.4. The number of β-lactam (4-membered cyclic amide) rings is 1. The number of nitro groups is 1. The predicted molar refractivity (Wildman–Crippen MR) is 154 cm³/mol. The number of non-ortho nitro benzene ring substituents is 1. The number of esters is 1. The number of hydrogen-bond donors (Lipinski definition) is 2. The lowest BCUT2D eigenvalue weighted by Crippen LogP contribution is -2.72. The second-order valence-corrected chi connectivity index (χ2v) is 10.8. The number of thiazole rings is 2. The van der Waals surface area contributed by atoms with Gasteiger partial charge in [0.25, 0.3) is 17.5 Å². The van der Waals surface area contributed by atoms with Crippen LogP contribution < -0.4 is 11.1 Å². The molecule has 0 aliphatic carbocycles. The number of benzene rings is 1. The number of nitro benzene ring substituents is 1. The molecule has 14 nitrogen and oxygen atoms in total. The van der Waals surface area contributed by atoms with Gasteiger partial charge < -0.3 is 20.6 Å². The Bertz CT molecular complexity index is 1640. The molecule has 1 saturated heterocycles. The fraction of sp³-hybridized carbons (Fsp3) is 0.231. The van der Waals surface area contributed by atoms with Crippen molar-refractivity contribution in [3.05, 3.63) is 74.9 Å². The van der Waals surface area contributed by atoms with Crippen LogP contribution in [0.2, 0.25) is 0 Å². The molecule has 1 aromatic carbocycles. The van der Waals surface area contributed by atoms with Crippen LogP contribution in [0, 0.1) is 10.1 Å². The number of carbonyl (C=O) groups is 3. The van der Waals surface area contributed by atoms with Crippen LogP contribution in [0.25, 0.3) is 16.1 Å². The number of hydrogen-bond acceptors (Lipinski definition) is 13. The van der Waals surface area contributed by atoms with Crippen molar-refractivity contribution < 1.29 is 28.9 Å². The number of nitrogen functional groups attached to an aromatic ring is 1. The Labute approximate surface area is 246 Å². The number of nitrogens with two attached hydrogens (primary N) is 1. The highest BCUT2D eigenvalue weighted by Gasteiger charge is 2.54. The Kier molecular flexibility index (Phi) is 8.08. The van der Waals surface area contributed by atoms with Crippen LogP contribution in [0.1, 0.15) is 24.2 Å². The normalized spacial score (nSPS) is 18.2. The number of fused-ring (bicyclic) bond motifs is 1. The summed E-state index contributed by atoms with van der Waals surface area (Å²) in [7, 11) is 1.28. The van der Waals surface area contributed by atoms with Crippen LogP contribution in [-0.2, 0) is 24.0 Å². The number of amides is 2. The third-order valence-electron chi connectivity index (χ3n) is 6.55. The van der Waals surface area contributed by atoms with E-state index >= 15 is 0 Å². The molecule has 3 N–H and O–H groups in total. The predicted octanol–water partition coefficient (Wildman–Crippen LogP) is 2.74. The van der Waals surface area contributed by atoms with Gasteiger partial charge in [-0.15, -0.1) is 22.7 Å². The van der Waals surface area contributed by atoms with E-state index in [0.717, 1.165) is 11.3 Å². The number of nitrogens with one attached hydrogen (secondary N) is 1. The second-order valence-electron chi connectivity index (χ2n) is 9.02. The molecule has 4 heterocycles. The summed E-state index contributed by atoms with van der Waals surface area (Å²) in [5.41, 5.74) is 7.41. The van der Waals surface area contributed by atoms with E-state index in [1.165, 1.54) is 41.6 Å². The standard InChI is InChI=1S/C26H23N7O7S2/c1-3-10-40-25(36)21-15(16-11-41-23(28-16)13-4-6-14(7-5-13)33(37)38)8-9-18-20(24(35)32(18)21)30-22(34)19(31-39-2)17-12-42-26(27)29-17/h3-7,11-12,18,20H,1,8-10H2,2H3,(H2,27,29)(H,30,34)/b31-19-/t18-,20+/m1/s1. The Morgan fingerprint density at radius 2 is 2.05 bits per heavy atom. The average Bonchev–Trinajstić information content (AvgIpc) is 3.66. The van der Waals surface area contributed by atoms with E-state index in [0.29, 0.717) is 34.7 Å². The van der Waals surface area contributed by atoms with E-state index in [1.807, 2.05) is 0 Å². The molecule has 0 spiro atoms. The third-order valence-corrected chi connectivity index (χ3v) is 8.11. The lowest BCUT2D eigenvalue weighted by atomic mass is 9.82. The van der Waals surface area contributed by atoms with Gasteiger partial charge in [-0.05, 0) is 25.0 Å². The van der Waals surface area contributed by atoms with E-state index < -0.39 is 34.8 Å². The summed E-state index contributed by atoms with van der Waals surface area (Å²) in [5.74, 6) is -1.91. The van der Waals surface area contributed by atoms with Crippen LogP contribution in [0.15, 0.2) is 58.5 Å². The number of nitrogens with zero attached hydrogens (tertiary/aromatic N) is 5. The first-order chi connectivity index (χ1) is 20.2. The summed E-state index contributed by atoms with van der Waals surface area (Å²) >= 11 is 2.42. The highest BCUT2D eigenvalue weighted by Crippen LogP contribution is 2.42. The lowest BCUT2D eigenvalue weighted by molar-refractivity contribution is -0.384. The SMILES string of the molecule is C=CCOC(=O)C1=C(c2csc(-c3ccc([N+](=O)[O-])cc3)n2)CC[C@@H]2[C@H](NC(=O)/C(=N\OC)c3csc(N)n3)C(=O)N12. The summed E-state index contributed by atoms with van der Waals surface area (Å²) in [4.78, 5) is 65.0. The molecule has 3 aromatic rings. The minimum absolute atomic E-state index is 0.0434. The topological polar surface area (TPSA) is 192 Å². The molecule has 0 saturated carbocycles. The number of rotatable bonds is 10. The van der Waals surface area contributed by atoms with Crippen molar-refractivity contribution in [2.24, 2.45) is 5.16 Å². The van der Waals surface area contributed by atoms with Gasteiger partial charge in [-0.2, -0.15) is 0 Å². The fourth-order valence-corrected chi connectivity index (χ4v) is 6.07. The summed E-state index contributed by atoms with van der Waals surface area (Å²) in [6.45, 7) is 3.50. The zero-order valence-electron chi connectivity index (χ0n) is 22.0. The van der Waals surface area contributed by atoms with E-state index in [-0.39, 0.29) is 34.5 Å². The van der Waals surface area contributed by atoms with Crippen LogP contribution in [0.4, 0.5) is 10.8 Å².